The van der Waals surface area contributed by atoms with Crippen LogP contribution in [0.3, 0.4) is 0 Å². The number of piperazine rings is 1. The maximum atomic E-state index is 16.6. The van der Waals surface area contributed by atoms with Crippen molar-refractivity contribution in [2.45, 2.75) is 51.1 Å². The van der Waals surface area contributed by atoms with Gasteiger partial charge >= 0.3 is 6.01 Å². The molecule has 6 rings (SSSR count). The summed E-state index contributed by atoms with van der Waals surface area (Å²) in [6.07, 6.45) is 5.38. The molecule has 216 valence electrons. The molecule has 0 saturated carbocycles. The summed E-state index contributed by atoms with van der Waals surface area (Å²) >= 11 is 6.84. The molecule has 2 bridgehead atoms. The molecular weight excluding hydrogens is 541 g/mol. The first-order chi connectivity index (χ1) is 19.9. The minimum atomic E-state index is -0.547. The molecular formula is C32H37ClFN5O2. The number of anilines is 1. The van der Waals surface area contributed by atoms with Crippen molar-refractivity contribution >= 4 is 39.1 Å². The fourth-order valence-corrected chi connectivity index (χ4v) is 6.52. The maximum absolute atomic E-state index is 16.6. The number of halogens is 2. The van der Waals surface area contributed by atoms with Gasteiger partial charge in [0.05, 0.1) is 11.6 Å². The van der Waals surface area contributed by atoms with Crippen molar-refractivity contribution in [2.75, 3.05) is 44.7 Å². The van der Waals surface area contributed by atoms with Gasteiger partial charge in [-0.3, -0.25) is 0 Å². The van der Waals surface area contributed by atoms with E-state index in [-0.39, 0.29) is 27.9 Å². The Morgan fingerprint density at radius 2 is 1.83 bits per heavy atom. The van der Waals surface area contributed by atoms with Gasteiger partial charge in [-0.15, -0.1) is 0 Å². The largest absolute Gasteiger partial charge is 0.508 e. The van der Waals surface area contributed by atoms with Gasteiger partial charge in [0.2, 0.25) is 0 Å². The van der Waals surface area contributed by atoms with E-state index in [1.54, 1.807) is 18.2 Å². The third kappa shape index (κ3) is 5.78. The highest BCUT2D eigenvalue weighted by atomic mass is 35.5. The summed E-state index contributed by atoms with van der Waals surface area (Å²) in [4.78, 5) is 13.9. The Labute approximate surface area is 245 Å². The number of nitrogens with zero attached hydrogens (tertiary/aromatic N) is 4. The maximum Gasteiger partial charge on any atom is 0.319 e. The molecule has 0 radical (unpaired) electrons. The van der Waals surface area contributed by atoms with Crippen LogP contribution in [0.1, 0.15) is 39.0 Å². The van der Waals surface area contributed by atoms with Gasteiger partial charge in [-0.2, -0.15) is 9.97 Å². The summed E-state index contributed by atoms with van der Waals surface area (Å²) in [5, 5.41) is 16.5. The first kappa shape index (κ1) is 27.9. The normalized spacial score (nSPS) is 18.6. The molecule has 7 nitrogen and oxygen atoms in total. The second-order valence-corrected chi connectivity index (χ2v) is 11.8. The van der Waals surface area contributed by atoms with Crippen LogP contribution in [-0.4, -0.2) is 71.9 Å². The van der Waals surface area contributed by atoms with Gasteiger partial charge < -0.3 is 25.0 Å². The number of aromatic nitrogens is 2. The molecule has 9 heteroatoms. The van der Waals surface area contributed by atoms with Crippen molar-refractivity contribution in [2.24, 2.45) is 0 Å². The van der Waals surface area contributed by atoms with Gasteiger partial charge in [-0.05, 0) is 73.8 Å². The van der Waals surface area contributed by atoms with Crippen molar-refractivity contribution in [3.8, 4) is 22.9 Å². The van der Waals surface area contributed by atoms with Crippen LogP contribution in [0, 0.1) is 5.82 Å². The lowest BCUT2D eigenvalue weighted by atomic mass is 9.96. The molecule has 4 aromatic rings. The molecule has 2 N–H and O–H groups in total. The SMILES string of the molecule is CCCCN(C)CCCOc1nc(N2CC3CCC(C2)N3)c2cc(Cl)c(-c3cc(O)cc4ccccc34)c(F)c2n1. The van der Waals surface area contributed by atoms with Crippen molar-refractivity contribution < 1.29 is 14.2 Å². The van der Waals surface area contributed by atoms with Crippen LogP contribution < -0.4 is 15.0 Å². The van der Waals surface area contributed by atoms with Gasteiger partial charge in [0, 0.05) is 42.7 Å². The van der Waals surface area contributed by atoms with E-state index in [0.717, 1.165) is 62.6 Å². The van der Waals surface area contributed by atoms with Gasteiger partial charge in [0.1, 0.15) is 17.1 Å². The molecule has 2 saturated heterocycles. The van der Waals surface area contributed by atoms with E-state index in [4.69, 9.17) is 21.3 Å². The number of phenolic OH excluding ortho intramolecular Hbond substituents is 1. The molecule has 2 aliphatic heterocycles. The van der Waals surface area contributed by atoms with Crippen LogP contribution in [0.15, 0.2) is 42.5 Å². The van der Waals surface area contributed by atoms with Gasteiger partial charge in [0.15, 0.2) is 5.82 Å². The minimum Gasteiger partial charge on any atom is -0.508 e. The molecule has 2 aliphatic rings. The molecule has 0 amide bonds. The zero-order chi connectivity index (χ0) is 28.5. The Hall–Kier alpha value is -3.20. The monoisotopic (exact) mass is 577 g/mol. The Balaban J connectivity index is 1.41. The quantitative estimate of drug-likeness (QED) is 0.212. The molecule has 0 spiro atoms. The zero-order valence-corrected chi connectivity index (χ0v) is 24.4. The Morgan fingerprint density at radius 3 is 2.61 bits per heavy atom. The smallest absolute Gasteiger partial charge is 0.319 e. The van der Waals surface area contributed by atoms with Crippen molar-refractivity contribution in [3.63, 3.8) is 0 Å². The third-order valence-corrected chi connectivity index (χ3v) is 8.58. The van der Waals surface area contributed by atoms with Gasteiger partial charge in [-0.25, -0.2) is 4.39 Å². The Morgan fingerprint density at radius 1 is 1.07 bits per heavy atom. The van der Waals surface area contributed by atoms with Crippen LogP contribution in [0.2, 0.25) is 5.02 Å². The summed E-state index contributed by atoms with van der Waals surface area (Å²) in [5.41, 5.74) is 0.894. The van der Waals surface area contributed by atoms with Crippen molar-refractivity contribution in [1.29, 1.82) is 0 Å². The fraction of sp³-hybridized carbons (Fsp3) is 0.438. The molecule has 3 aromatic carbocycles. The number of ether oxygens (including phenoxy) is 1. The summed E-state index contributed by atoms with van der Waals surface area (Å²) in [5.74, 6) is 0.146. The second kappa shape index (κ2) is 12.0. The standard InChI is InChI=1S/C32H37ClFN5O2/c1-3-4-12-38(2)13-7-14-41-32-36-30-26(31(37-32)39-18-21-10-11-22(19-39)35-21)17-27(33)28(29(30)34)25-16-23(40)15-20-8-5-6-9-24(20)25/h5-6,8-9,15-17,21-22,35,40H,3-4,7,10-14,18-19H2,1-2H3. The Kier molecular flexibility index (Phi) is 8.15. The molecule has 2 unspecified atom stereocenters. The number of phenols is 1. The molecule has 3 heterocycles. The minimum absolute atomic E-state index is 0.0434. The number of fused-ring (bicyclic) bond motifs is 4. The van der Waals surface area contributed by atoms with Crippen molar-refractivity contribution in [3.05, 3.63) is 53.3 Å². The average Bonchev–Trinajstić information content (AvgIpc) is 3.31. The number of nitrogens with one attached hydrogen (secondary N) is 1. The van der Waals surface area contributed by atoms with E-state index in [1.807, 2.05) is 24.3 Å². The lowest BCUT2D eigenvalue weighted by Gasteiger charge is -2.34. The summed E-state index contributed by atoms with van der Waals surface area (Å²) < 4.78 is 22.7. The fourth-order valence-electron chi connectivity index (χ4n) is 6.22. The highest BCUT2D eigenvalue weighted by Crippen LogP contribution is 2.42. The molecule has 0 aliphatic carbocycles. The predicted molar refractivity (Wildman–Crippen MR) is 164 cm³/mol. The molecule has 2 atom stereocenters. The first-order valence-electron chi connectivity index (χ1n) is 14.7. The van der Waals surface area contributed by atoms with Crippen LogP contribution in [0.4, 0.5) is 10.2 Å². The van der Waals surface area contributed by atoms with Gasteiger partial charge in [-0.1, -0.05) is 49.2 Å². The average molecular weight is 578 g/mol. The van der Waals surface area contributed by atoms with Crippen LogP contribution in [0.5, 0.6) is 11.8 Å². The number of benzene rings is 3. The predicted octanol–water partition coefficient (Wildman–Crippen LogP) is 6.39. The van der Waals surface area contributed by atoms with E-state index in [2.05, 4.69) is 34.1 Å². The number of rotatable bonds is 10. The van der Waals surface area contributed by atoms with Crippen LogP contribution in [0.25, 0.3) is 32.8 Å². The molecule has 1 aromatic heterocycles. The Bertz CT molecular complexity index is 1550. The lowest BCUT2D eigenvalue weighted by molar-refractivity contribution is 0.248. The van der Waals surface area contributed by atoms with E-state index >= 15 is 4.39 Å². The zero-order valence-electron chi connectivity index (χ0n) is 23.7. The number of aromatic hydroxyl groups is 1. The second-order valence-electron chi connectivity index (χ2n) is 11.4. The van der Waals surface area contributed by atoms with E-state index in [9.17, 15) is 5.11 Å². The van der Waals surface area contributed by atoms with Crippen LogP contribution in [-0.2, 0) is 0 Å². The summed E-state index contributed by atoms with van der Waals surface area (Å²) in [6, 6.07) is 13.5. The first-order valence-corrected chi connectivity index (χ1v) is 15.0. The van der Waals surface area contributed by atoms with E-state index < -0.39 is 5.82 Å². The summed E-state index contributed by atoms with van der Waals surface area (Å²) in [7, 11) is 2.12. The van der Waals surface area contributed by atoms with E-state index in [1.165, 1.54) is 6.42 Å². The van der Waals surface area contributed by atoms with Crippen molar-refractivity contribution in [1.82, 2.24) is 20.2 Å². The number of hydrogen-bond acceptors (Lipinski definition) is 7. The molecule has 41 heavy (non-hydrogen) atoms. The molecule has 2 fully saturated rings. The van der Waals surface area contributed by atoms with E-state index in [0.29, 0.717) is 35.5 Å². The topological polar surface area (TPSA) is 73.8 Å². The summed E-state index contributed by atoms with van der Waals surface area (Å²) in [6.45, 7) is 6.14. The number of unbranched alkanes of at least 4 members (excludes halogenated alkanes) is 1. The van der Waals surface area contributed by atoms with Crippen LogP contribution >= 0.6 is 11.6 Å². The number of hydrogen-bond donors (Lipinski definition) is 2. The van der Waals surface area contributed by atoms with Gasteiger partial charge in [0.25, 0.3) is 0 Å². The highest BCUT2D eigenvalue weighted by Gasteiger charge is 2.34. The lowest BCUT2D eigenvalue weighted by Crippen LogP contribution is -2.51. The third-order valence-electron chi connectivity index (χ3n) is 8.28. The highest BCUT2D eigenvalue weighted by molar-refractivity contribution is 6.35.